The Morgan fingerprint density at radius 3 is 2.37 bits per heavy atom. The molecule has 3 rings (SSSR count). The van der Waals surface area contributed by atoms with E-state index in [0.29, 0.717) is 38.2 Å². The van der Waals surface area contributed by atoms with Gasteiger partial charge in [-0.25, -0.2) is 9.18 Å². The number of hydrogen-bond acceptors (Lipinski definition) is 2. The van der Waals surface area contributed by atoms with Crippen molar-refractivity contribution in [3.63, 3.8) is 0 Å². The minimum Gasteiger partial charge on any atom is -0.337 e. The van der Waals surface area contributed by atoms with E-state index >= 15 is 0 Å². The maximum absolute atomic E-state index is 13.0. The number of carbonyl (C=O) groups is 2. The maximum atomic E-state index is 13.0. The highest BCUT2D eigenvalue weighted by Gasteiger charge is 2.23. The molecule has 27 heavy (non-hydrogen) atoms. The first-order valence-corrected chi connectivity index (χ1v) is 9.60. The standard InChI is InChI=1S/C20H21BrFN3O2/c1-14-13-16(21)5-8-18(14)23-20(27)25-10-2-9-24(11-12-25)19(26)15-3-6-17(22)7-4-15/h3-8,13H,2,9-12H2,1H3,(H,23,27). The van der Waals surface area contributed by atoms with E-state index in [1.54, 1.807) is 9.80 Å². The number of carbonyl (C=O) groups excluding carboxylic acids is 2. The van der Waals surface area contributed by atoms with Crippen molar-refractivity contribution in [3.05, 3.63) is 63.9 Å². The molecule has 7 heteroatoms. The first kappa shape index (κ1) is 19.4. The van der Waals surface area contributed by atoms with Gasteiger partial charge in [0.05, 0.1) is 0 Å². The van der Waals surface area contributed by atoms with Gasteiger partial charge < -0.3 is 15.1 Å². The monoisotopic (exact) mass is 433 g/mol. The number of hydrogen-bond donors (Lipinski definition) is 1. The second-order valence-electron chi connectivity index (χ2n) is 6.53. The highest BCUT2D eigenvalue weighted by atomic mass is 79.9. The zero-order valence-corrected chi connectivity index (χ0v) is 16.6. The van der Waals surface area contributed by atoms with Crippen molar-refractivity contribution in [2.75, 3.05) is 31.5 Å². The molecule has 0 bridgehead atoms. The number of anilines is 1. The van der Waals surface area contributed by atoms with E-state index in [4.69, 9.17) is 0 Å². The van der Waals surface area contributed by atoms with E-state index in [-0.39, 0.29) is 17.8 Å². The molecule has 0 spiro atoms. The largest absolute Gasteiger partial charge is 0.337 e. The molecule has 1 aliphatic heterocycles. The Hall–Kier alpha value is -2.41. The van der Waals surface area contributed by atoms with Crippen molar-refractivity contribution < 1.29 is 14.0 Å². The topological polar surface area (TPSA) is 52.7 Å². The second-order valence-corrected chi connectivity index (χ2v) is 7.44. The van der Waals surface area contributed by atoms with Crippen LogP contribution < -0.4 is 5.32 Å². The van der Waals surface area contributed by atoms with Gasteiger partial charge in [0.1, 0.15) is 5.82 Å². The number of halogens is 2. The van der Waals surface area contributed by atoms with Crippen molar-refractivity contribution in [3.8, 4) is 0 Å². The predicted molar refractivity (Wildman–Crippen MR) is 106 cm³/mol. The van der Waals surface area contributed by atoms with Crippen molar-refractivity contribution in [2.24, 2.45) is 0 Å². The number of urea groups is 1. The van der Waals surface area contributed by atoms with Gasteiger partial charge in [-0.3, -0.25) is 4.79 Å². The summed E-state index contributed by atoms with van der Waals surface area (Å²) in [7, 11) is 0. The van der Waals surface area contributed by atoms with Crippen LogP contribution >= 0.6 is 15.9 Å². The van der Waals surface area contributed by atoms with Gasteiger partial charge in [-0.1, -0.05) is 15.9 Å². The van der Waals surface area contributed by atoms with Crippen LogP contribution in [0.2, 0.25) is 0 Å². The van der Waals surface area contributed by atoms with E-state index in [1.165, 1.54) is 24.3 Å². The van der Waals surface area contributed by atoms with Gasteiger partial charge in [0.25, 0.3) is 5.91 Å². The molecule has 0 radical (unpaired) electrons. The molecule has 3 amide bonds. The van der Waals surface area contributed by atoms with Crippen LogP contribution in [0, 0.1) is 12.7 Å². The molecule has 142 valence electrons. The summed E-state index contributed by atoms with van der Waals surface area (Å²) in [6.45, 7) is 3.98. The Morgan fingerprint density at radius 1 is 1.00 bits per heavy atom. The minimum atomic E-state index is -0.367. The van der Waals surface area contributed by atoms with Gasteiger partial charge in [-0.05, 0) is 61.4 Å². The molecular formula is C20H21BrFN3O2. The van der Waals surface area contributed by atoms with Gasteiger partial charge >= 0.3 is 6.03 Å². The zero-order chi connectivity index (χ0) is 19.4. The van der Waals surface area contributed by atoms with Crippen LogP contribution in [0.4, 0.5) is 14.9 Å². The quantitative estimate of drug-likeness (QED) is 0.768. The molecule has 0 aliphatic carbocycles. The lowest BCUT2D eigenvalue weighted by Crippen LogP contribution is -2.39. The van der Waals surface area contributed by atoms with Crippen LogP contribution in [0.3, 0.4) is 0 Å². The average molecular weight is 434 g/mol. The van der Waals surface area contributed by atoms with Gasteiger partial charge in [0.15, 0.2) is 0 Å². The third-order valence-electron chi connectivity index (χ3n) is 4.59. The lowest BCUT2D eigenvalue weighted by atomic mass is 10.2. The molecule has 1 aliphatic rings. The van der Waals surface area contributed by atoms with E-state index < -0.39 is 0 Å². The van der Waals surface area contributed by atoms with Crippen molar-refractivity contribution in [1.29, 1.82) is 0 Å². The maximum Gasteiger partial charge on any atom is 0.321 e. The third kappa shape index (κ3) is 4.86. The first-order chi connectivity index (χ1) is 12.9. The molecule has 0 atom stereocenters. The fourth-order valence-electron chi connectivity index (χ4n) is 3.06. The molecule has 0 aromatic heterocycles. The smallest absolute Gasteiger partial charge is 0.321 e. The highest BCUT2D eigenvalue weighted by molar-refractivity contribution is 9.10. The Kier molecular flexibility index (Phi) is 6.11. The molecule has 0 saturated carbocycles. The van der Waals surface area contributed by atoms with Gasteiger partial charge in [-0.15, -0.1) is 0 Å². The Morgan fingerprint density at radius 2 is 1.67 bits per heavy atom. The van der Waals surface area contributed by atoms with E-state index in [9.17, 15) is 14.0 Å². The van der Waals surface area contributed by atoms with E-state index in [1.807, 2.05) is 25.1 Å². The number of nitrogens with one attached hydrogen (secondary N) is 1. The van der Waals surface area contributed by atoms with Gasteiger partial charge in [0.2, 0.25) is 0 Å². The van der Waals surface area contributed by atoms with Crippen molar-refractivity contribution >= 4 is 33.6 Å². The summed E-state index contributed by atoms with van der Waals surface area (Å²) in [6, 6.07) is 11.1. The lowest BCUT2D eigenvalue weighted by Gasteiger charge is -2.23. The molecular weight excluding hydrogens is 413 g/mol. The number of rotatable bonds is 2. The normalized spacial score (nSPS) is 14.6. The van der Waals surface area contributed by atoms with Crippen molar-refractivity contribution in [2.45, 2.75) is 13.3 Å². The number of nitrogens with zero attached hydrogens (tertiary/aromatic N) is 2. The molecule has 1 saturated heterocycles. The van der Waals surface area contributed by atoms with Gasteiger partial charge in [0, 0.05) is 41.9 Å². The average Bonchev–Trinajstić information content (AvgIpc) is 2.90. The Bertz CT molecular complexity index is 842. The minimum absolute atomic E-state index is 0.138. The molecule has 5 nitrogen and oxygen atoms in total. The van der Waals surface area contributed by atoms with Crippen LogP contribution in [-0.4, -0.2) is 47.9 Å². The fourth-order valence-corrected chi connectivity index (χ4v) is 3.54. The lowest BCUT2D eigenvalue weighted by molar-refractivity contribution is 0.0762. The highest BCUT2D eigenvalue weighted by Crippen LogP contribution is 2.20. The van der Waals surface area contributed by atoms with Crippen LogP contribution in [-0.2, 0) is 0 Å². The molecule has 2 aromatic rings. The zero-order valence-electron chi connectivity index (χ0n) is 15.0. The molecule has 1 heterocycles. The number of amides is 3. The van der Waals surface area contributed by atoms with Gasteiger partial charge in [-0.2, -0.15) is 0 Å². The fraction of sp³-hybridized carbons (Fsp3) is 0.300. The summed E-state index contributed by atoms with van der Waals surface area (Å²) in [5.41, 5.74) is 2.20. The Balaban J connectivity index is 1.61. The summed E-state index contributed by atoms with van der Waals surface area (Å²) >= 11 is 3.41. The predicted octanol–water partition coefficient (Wildman–Crippen LogP) is 4.28. The van der Waals surface area contributed by atoms with E-state index in [2.05, 4.69) is 21.2 Å². The van der Waals surface area contributed by atoms with Crippen LogP contribution in [0.5, 0.6) is 0 Å². The van der Waals surface area contributed by atoms with Crippen LogP contribution in [0.1, 0.15) is 22.3 Å². The summed E-state index contributed by atoms with van der Waals surface area (Å²) in [6.07, 6.45) is 0.694. The van der Waals surface area contributed by atoms with E-state index in [0.717, 1.165) is 15.7 Å². The SMILES string of the molecule is Cc1cc(Br)ccc1NC(=O)N1CCCN(C(=O)c2ccc(F)cc2)CC1. The van der Waals surface area contributed by atoms with Crippen molar-refractivity contribution in [1.82, 2.24) is 9.80 Å². The molecule has 2 aromatic carbocycles. The van der Waals surface area contributed by atoms with Crippen LogP contribution in [0.25, 0.3) is 0 Å². The summed E-state index contributed by atoms with van der Waals surface area (Å²) < 4.78 is 14.0. The Labute approximate surface area is 166 Å². The summed E-state index contributed by atoms with van der Waals surface area (Å²) in [5, 5.41) is 2.94. The third-order valence-corrected chi connectivity index (χ3v) is 5.08. The molecule has 1 N–H and O–H groups in total. The summed E-state index contributed by atoms with van der Waals surface area (Å²) in [4.78, 5) is 28.6. The number of benzene rings is 2. The second kappa shape index (κ2) is 8.52. The van der Waals surface area contributed by atoms with Crippen LogP contribution in [0.15, 0.2) is 46.9 Å². The summed E-state index contributed by atoms with van der Waals surface area (Å²) in [5.74, 6) is -0.505. The first-order valence-electron chi connectivity index (χ1n) is 8.81. The molecule has 0 unspecified atom stereocenters. The number of aryl methyl sites for hydroxylation is 1. The molecule has 1 fully saturated rings.